The van der Waals surface area contributed by atoms with Crippen molar-refractivity contribution in [3.8, 4) is 0 Å². The Kier molecular flexibility index (Phi) is 4.69. The van der Waals surface area contributed by atoms with Gasteiger partial charge in [-0.25, -0.2) is 9.10 Å². The number of hydrogen-bond donors (Lipinski definition) is 3. The zero-order chi connectivity index (χ0) is 15.6. The number of nitrogens with one attached hydrogen (secondary N) is 2. The normalized spacial score (nSPS) is 24.8. The maximum absolute atomic E-state index is 12.0. The van der Waals surface area contributed by atoms with Crippen molar-refractivity contribution in [2.24, 2.45) is 0 Å². The summed E-state index contributed by atoms with van der Waals surface area (Å²) in [4.78, 5) is 25.1. The predicted molar refractivity (Wildman–Crippen MR) is 73.9 cm³/mol. The Labute approximate surface area is 123 Å². The summed E-state index contributed by atoms with van der Waals surface area (Å²) < 4.78 is 31.5. The molecule has 2 fully saturated rings. The highest BCUT2D eigenvalue weighted by atomic mass is 32.2. The van der Waals surface area contributed by atoms with E-state index in [1.165, 1.54) is 4.90 Å². The molecule has 10 heteroatoms. The second-order valence-electron chi connectivity index (χ2n) is 5.15. The summed E-state index contributed by atoms with van der Waals surface area (Å²) in [6.45, 7) is 1.67. The average molecular weight is 320 g/mol. The number of unbranched alkanes of at least 4 members (excludes halogenated alkanes) is 1. The van der Waals surface area contributed by atoms with Gasteiger partial charge in [-0.05, 0) is 32.9 Å². The molecule has 2 heterocycles. The van der Waals surface area contributed by atoms with Crippen molar-refractivity contribution in [1.29, 1.82) is 0 Å². The van der Waals surface area contributed by atoms with Gasteiger partial charge in [0.1, 0.15) is 6.04 Å². The molecule has 2 unspecified atom stereocenters. The summed E-state index contributed by atoms with van der Waals surface area (Å²) >= 11 is 0. The second-order valence-corrected chi connectivity index (χ2v) is 6.44. The summed E-state index contributed by atoms with van der Waals surface area (Å²) in [6, 6.07) is -1.78. The number of nitrogens with zero attached hydrogens (tertiary/aromatic N) is 2. The average Bonchev–Trinajstić information content (AvgIpc) is 2.75. The first-order valence-electron chi connectivity index (χ1n) is 6.87. The molecule has 0 spiro atoms. The van der Waals surface area contributed by atoms with Crippen LogP contribution in [0.1, 0.15) is 19.3 Å². The van der Waals surface area contributed by atoms with Crippen LogP contribution in [0.5, 0.6) is 0 Å². The van der Waals surface area contributed by atoms with Gasteiger partial charge in [0.25, 0.3) is 5.91 Å². The first-order chi connectivity index (χ1) is 9.88. The molecule has 21 heavy (non-hydrogen) atoms. The first kappa shape index (κ1) is 16.0. The van der Waals surface area contributed by atoms with Gasteiger partial charge < -0.3 is 15.5 Å². The number of carbonyl (C=O) groups excluding carboxylic acids is 2. The summed E-state index contributed by atoms with van der Waals surface area (Å²) in [6.07, 6.45) is 2.10. The first-order valence-corrected chi connectivity index (χ1v) is 8.27. The number of β-lactam (4-membered cyclic amide) rings is 1. The number of urea groups is 1. The quantitative estimate of drug-likeness (QED) is 0.321. The Morgan fingerprint density at radius 1 is 1.38 bits per heavy atom. The van der Waals surface area contributed by atoms with E-state index < -0.39 is 28.3 Å². The molecule has 0 radical (unpaired) electrons. The van der Waals surface area contributed by atoms with Crippen LogP contribution in [0.4, 0.5) is 4.79 Å². The van der Waals surface area contributed by atoms with Crippen molar-refractivity contribution in [2.45, 2.75) is 31.3 Å². The van der Waals surface area contributed by atoms with Crippen LogP contribution in [0, 0.1) is 0 Å². The maximum Gasteiger partial charge on any atom is 0.362 e. The van der Waals surface area contributed by atoms with Gasteiger partial charge in [0.15, 0.2) is 0 Å². The Morgan fingerprint density at radius 3 is 2.67 bits per heavy atom. The van der Waals surface area contributed by atoms with E-state index in [1.54, 1.807) is 0 Å². The number of rotatable bonds is 6. The highest BCUT2D eigenvalue weighted by Crippen LogP contribution is 2.35. The highest BCUT2D eigenvalue weighted by Gasteiger charge is 2.59. The standard InChI is InChI=1S/C11H20N4O5S/c1-12-5-2-3-6-13-11(17)14-7-4-8-9(14)10(16)15(8)21(18,19)20/h8-9,12H,2-7H2,1H3,(H,13,17)(H,18,19,20). The van der Waals surface area contributed by atoms with E-state index in [2.05, 4.69) is 10.6 Å². The minimum absolute atomic E-state index is 0.301. The van der Waals surface area contributed by atoms with Crippen LogP contribution in [0.2, 0.25) is 0 Å². The van der Waals surface area contributed by atoms with Gasteiger partial charge >= 0.3 is 16.3 Å². The molecule has 0 aromatic carbocycles. The Balaban J connectivity index is 1.84. The topological polar surface area (TPSA) is 119 Å². The summed E-state index contributed by atoms with van der Waals surface area (Å²) in [5.74, 6) is -0.745. The third kappa shape index (κ3) is 3.11. The van der Waals surface area contributed by atoms with Crippen molar-refractivity contribution in [1.82, 2.24) is 19.8 Å². The fourth-order valence-electron chi connectivity index (χ4n) is 2.77. The zero-order valence-electron chi connectivity index (χ0n) is 11.8. The molecular formula is C11H20N4O5S. The maximum atomic E-state index is 12.0. The van der Waals surface area contributed by atoms with E-state index in [4.69, 9.17) is 4.55 Å². The van der Waals surface area contributed by atoms with Crippen molar-refractivity contribution in [2.75, 3.05) is 26.7 Å². The third-order valence-electron chi connectivity index (χ3n) is 3.78. The van der Waals surface area contributed by atoms with Crippen LogP contribution >= 0.6 is 0 Å². The number of amides is 3. The molecule has 0 aromatic rings. The van der Waals surface area contributed by atoms with Gasteiger partial charge in [-0.1, -0.05) is 0 Å². The minimum Gasteiger partial charge on any atom is -0.338 e. The van der Waals surface area contributed by atoms with Crippen LogP contribution in [0.15, 0.2) is 0 Å². The summed E-state index contributed by atoms with van der Waals surface area (Å²) in [5.41, 5.74) is 0. The molecule has 9 nitrogen and oxygen atoms in total. The molecule has 0 aromatic heterocycles. The molecule has 120 valence electrons. The molecule has 0 saturated carbocycles. The second kappa shape index (κ2) is 6.16. The lowest BCUT2D eigenvalue weighted by Crippen LogP contribution is -2.68. The number of carbonyl (C=O) groups is 2. The third-order valence-corrected chi connectivity index (χ3v) is 4.72. The predicted octanol–water partition coefficient (Wildman–Crippen LogP) is -1.22. The molecule has 3 N–H and O–H groups in total. The van der Waals surface area contributed by atoms with Crippen LogP contribution in [0.25, 0.3) is 0 Å². The fourth-order valence-corrected chi connectivity index (χ4v) is 3.67. The van der Waals surface area contributed by atoms with Crippen molar-refractivity contribution >= 4 is 22.2 Å². The molecule has 0 aliphatic carbocycles. The lowest BCUT2D eigenvalue weighted by molar-refractivity contribution is -0.143. The van der Waals surface area contributed by atoms with Crippen LogP contribution in [-0.2, 0) is 15.1 Å². The Bertz CT molecular complexity index is 523. The molecule has 2 aliphatic heterocycles. The Hall–Kier alpha value is -1.39. The molecular weight excluding hydrogens is 300 g/mol. The molecule has 3 amide bonds. The van der Waals surface area contributed by atoms with Gasteiger partial charge in [0.05, 0.1) is 6.04 Å². The summed E-state index contributed by atoms with van der Waals surface area (Å²) in [5, 5.41) is 5.72. The summed E-state index contributed by atoms with van der Waals surface area (Å²) in [7, 11) is -2.67. The SMILES string of the molecule is CNCCCCNC(=O)N1CCC2C1C(=O)N2S(=O)(=O)O. The molecule has 0 bridgehead atoms. The fraction of sp³-hybridized carbons (Fsp3) is 0.818. The van der Waals surface area contributed by atoms with E-state index in [0.717, 1.165) is 19.4 Å². The largest absolute Gasteiger partial charge is 0.362 e. The van der Waals surface area contributed by atoms with Crippen LogP contribution in [0.3, 0.4) is 0 Å². The van der Waals surface area contributed by atoms with E-state index in [0.29, 0.717) is 23.8 Å². The van der Waals surface area contributed by atoms with Crippen molar-refractivity contribution in [3.63, 3.8) is 0 Å². The Morgan fingerprint density at radius 2 is 2.05 bits per heavy atom. The van der Waals surface area contributed by atoms with Gasteiger partial charge in [-0.15, -0.1) is 0 Å². The van der Waals surface area contributed by atoms with Gasteiger partial charge in [-0.3, -0.25) is 9.35 Å². The van der Waals surface area contributed by atoms with Crippen LogP contribution < -0.4 is 10.6 Å². The van der Waals surface area contributed by atoms with Gasteiger partial charge in [0.2, 0.25) is 0 Å². The minimum atomic E-state index is -4.53. The van der Waals surface area contributed by atoms with Gasteiger partial charge in [0, 0.05) is 13.1 Å². The lowest BCUT2D eigenvalue weighted by Gasteiger charge is -2.42. The van der Waals surface area contributed by atoms with E-state index >= 15 is 0 Å². The number of likely N-dealkylation sites (tertiary alicyclic amines) is 1. The molecule has 2 saturated heterocycles. The van der Waals surface area contributed by atoms with Gasteiger partial charge in [-0.2, -0.15) is 8.42 Å². The molecule has 2 aliphatic rings. The smallest absolute Gasteiger partial charge is 0.338 e. The van der Waals surface area contributed by atoms with Crippen molar-refractivity contribution < 1.29 is 22.6 Å². The van der Waals surface area contributed by atoms with E-state index in [-0.39, 0.29) is 6.03 Å². The molecule has 2 rings (SSSR count). The van der Waals surface area contributed by atoms with Crippen molar-refractivity contribution in [3.05, 3.63) is 0 Å². The monoisotopic (exact) mass is 320 g/mol. The lowest BCUT2D eigenvalue weighted by atomic mass is 10.0. The number of hydrogen-bond acceptors (Lipinski definition) is 5. The zero-order valence-corrected chi connectivity index (χ0v) is 12.6. The van der Waals surface area contributed by atoms with Crippen LogP contribution in [-0.4, -0.2) is 72.9 Å². The van der Waals surface area contributed by atoms with E-state index in [1.807, 2.05) is 7.05 Å². The highest BCUT2D eigenvalue weighted by molar-refractivity contribution is 7.84. The molecule has 2 atom stereocenters. The number of fused-ring (bicyclic) bond motifs is 1. The van der Waals surface area contributed by atoms with E-state index in [9.17, 15) is 18.0 Å².